The third-order valence-corrected chi connectivity index (χ3v) is 6.66. The van der Waals surface area contributed by atoms with Crippen molar-refractivity contribution in [3.63, 3.8) is 0 Å². The van der Waals surface area contributed by atoms with E-state index in [0.29, 0.717) is 12.3 Å². The molecule has 2 aliphatic rings. The molecule has 3 heterocycles. The molecule has 0 bridgehead atoms. The summed E-state index contributed by atoms with van der Waals surface area (Å²) in [5.74, 6) is 0.592. The van der Waals surface area contributed by atoms with Crippen molar-refractivity contribution < 1.29 is 14.0 Å². The topological polar surface area (TPSA) is 88.3 Å². The smallest absolute Gasteiger partial charge is 0.325 e. The van der Waals surface area contributed by atoms with Gasteiger partial charge in [0.15, 0.2) is 0 Å². The monoisotopic (exact) mass is 424 g/mol. The Bertz CT molecular complexity index is 835. The number of hydrogen-bond acceptors (Lipinski definition) is 6. The van der Waals surface area contributed by atoms with Crippen LogP contribution >= 0.6 is 27.3 Å². The quantitative estimate of drug-likeness (QED) is 0.760. The minimum atomic E-state index is -0.767. The third-order valence-electron chi connectivity index (χ3n) is 5.05. The van der Waals surface area contributed by atoms with Crippen LogP contribution in [0.3, 0.4) is 0 Å². The average molecular weight is 425 g/mol. The van der Waals surface area contributed by atoms with Gasteiger partial charge in [-0.2, -0.15) is 0 Å². The van der Waals surface area contributed by atoms with Crippen molar-refractivity contribution >= 4 is 39.2 Å². The van der Waals surface area contributed by atoms with E-state index in [4.69, 9.17) is 4.42 Å². The lowest BCUT2D eigenvalue weighted by atomic mass is 9.73. The molecule has 0 radical (unpaired) electrons. The first kappa shape index (κ1) is 16.7. The molecule has 132 valence electrons. The van der Waals surface area contributed by atoms with Crippen LogP contribution in [0.4, 0.5) is 4.79 Å². The van der Waals surface area contributed by atoms with Gasteiger partial charge in [-0.25, -0.2) is 4.79 Å². The summed E-state index contributed by atoms with van der Waals surface area (Å²) >= 11 is 4.87. The van der Waals surface area contributed by atoms with E-state index in [9.17, 15) is 9.59 Å². The van der Waals surface area contributed by atoms with Crippen molar-refractivity contribution in [2.24, 2.45) is 5.92 Å². The van der Waals surface area contributed by atoms with E-state index < -0.39 is 5.54 Å². The Hall–Kier alpha value is -1.74. The lowest BCUT2D eigenvalue weighted by molar-refractivity contribution is -0.134. The highest BCUT2D eigenvalue weighted by Crippen LogP contribution is 2.38. The van der Waals surface area contributed by atoms with Crippen LogP contribution in [-0.4, -0.2) is 32.6 Å². The molecule has 0 aromatic carbocycles. The number of carbonyl (C=O) groups excluding carboxylic acids is 2. The first-order valence-corrected chi connectivity index (χ1v) is 9.83. The van der Waals surface area contributed by atoms with Crippen LogP contribution < -0.4 is 5.32 Å². The summed E-state index contributed by atoms with van der Waals surface area (Å²) in [6, 6.07) is 3.39. The van der Waals surface area contributed by atoms with E-state index >= 15 is 0 Å². The van der Waals surface area contributed by atoms with Crippen LogP contribution in [0.15, 0.2) is 20.3 Å². The van der Waals surface area contributed by atoms with Gasteiger partial charge in [-0.15, -0.1) is 21.5 Å². The van der Waals surface area contributed by atoms with Gasteiger partial charge in [-0.3, -0.25) is 9.69 Å². The van der Waals surface area contributed by atoms with Crippen LogP contribution in [0, 0.1) is 5.92 Å². The number of nitrogens with one attached hydrogen (secondary N) is 1. The van der Waals surface area contributed by atoms with Gasteiger partial charge in [0.1, 0.15) is 12.1 Å². The summed E-state index contributed by atoms with van der Waals surface area (Å²) in [5.41, 5.74) is -0.767. The minimum Gasteiger partial charge on any atom is -0.418 e. The third kappa shape index (κ3) is 2.79. The van der Waals surface area contributed by atoms with Gasteiger partial charge < -0.3 is 9.73 Å². The maximum Gasteiger partial charge on any atom is 0.325 e. The Labute approximate surface area is 156 Å². The zero-order chi connectivity index (χ0) is 17.6. The molecule has 1 saturated heterocycles. The molecular formula is C16H17BrN4O3S. The van der Waals surface area contributed by atoms with Crippen LogP contribution in [-0.2, 0) is 11.3 Å². The fourth-order valence-electron chi connectivity index (χ4n) is 3.62. The molecule has 1 spiro atoms. The summed E-state index contributed by atoms with van der Waals surface area (Å²) < 4.78 is 6.60. The van der Waals surface area contributed by atoms with Crippen molar-refractivity contribution in [3.8, 4) is 10.8 Å². The van der Waals surface area contributed by atoms with Gasteiger partial charge in [-0.05, 0) is 46.8 Å². The number of nitrogens with zero attached hydrogens (tertiary/aromatic N) is 3. The molecule has 0 unspecified atom stereocenters. The fraction of sp³-hybridized carbons (Fsp3) is 0.500. The molecule has 3 amide bonds. The number of urea groups is 1. The maximum atomic E-state index is 12.9. The second kappa shape index (κ2) is 6.21. The number of halogens is 1. The van der Waals surface area contributed by atoms with Crippen molar-refractivity contribution in [1.82, 2.24) is 20.4 Å². The number of aromatic nitrogens is 2. The normalized spacial score (nSPS) is 26.5. The van der Waals surface area contributed by atoms with E-state index in [1.54, 1.807) is 0 Å². The largest absolute Gasteiger partial charge is 0.418 e. The number of thiophene rings is 1. The highest BCUT2D eigenvalue weighted by Gasteiger charge is 2.55. The SMILES string of the molecule is C[C@H]1CCCC[C@]12NC(=O)N(Cc1nnc(-c3ccc(Br)s3)o1)C2=O. The minimum absolute atomic E-state index is 0.00131. The second-order valence-electron chi connectivity index (χ2n) is 6.54. The Morgan fingerprint density at radius 3 is 2.96 bits per heavy atom. The standard InChI is InChI=1S/C16H17BrN4O3S/c1-9-4-2-3-7-16(9)14(22)21(15(23)18-16)8-12-19-20-13(24-12)10-5-6-11(17)25-10/h5-6,9H,2-4,7-8H2,1H3,(H,18,23)/t9-,16-/m0/s1. The lowest BCUT2D eigenvalue weighted by Gasteiger charge is -2.36. The Kier molecular flexibility index (Phi) is 4.15. The van der Waals surface area contributed by atoms with Crippen LogP contribution in [0.2, 0.25) is 0 Å². The van der Waals surface area contributed by atoms with E-state index in [2.05, 4.69) is 31.4 Å². The van der Waals surface area contributed by atoms with Gasteiger partial charge in [0, 0.05) is 0 Å². The van der Waals surface area contributed by atoms with E-state index in [1.807, 2.05) is 19.1 Å². The molecular weight excluding hydrogens is 408 g/mol. The van der Waals surface area contributed by atoms with Crippen molar-refractivity contribution in [2.45, 2.75) is 44.7 Å². The van der Waals surface area contributed by atoms with Gasteiger partial charge in [0.05, 0.1) is 8.66 Å². The fourth-order valence-corrected chi connectivity index (χ4v) is 4.93. The number of imide groups is 1. The molecule has 7 nitrogen and oxygen atoms in total. The Morgan fingerprint density at radius 1 is 1.40 bits per heavy atom. The molecule has 9 heteroatoms. The summed E-state index contributed by atoms with van der Waals surface area (Å²) in [7, 11) is 0. The summed E-state index contributed by atoms with van der Waals surface area (Å²) in [6.45, 7) is 2.03. The van der Waals surface area contributed by atoms with Crippen molar-refractivity contribution in [2.75, 3.05) is 0 Å². The second-order valence-corrected chi connectivity index (χ2v) is 9.01. The van der Waals surface area contributed by atoms with Crippen LogP contribution in [0.5, 0.6) is 0 Å². The number of carbonyl (C=O) groups is 2. The predicted octanol–water partition coefficient (Wildman–Crippen LogP) is 3.56. The van der Waals surface area contributed by atoms with Crippen LogP contribution in [0.25, 0.3) is 10.8 Å². The molecule has 2 atom stereocenters. The van der Waals surface area contributed by atoms with E-state index in [0.717, 1.165) is 27.9 Å². The number of amides is 3. The molecule has 25 heavy (non-hydrogen) atoms. The predicted molar refractivity (Wildman–Crippen MR) is 94.8 cm³/mol. The summed E-state index contributed by atoms with van der Waals surface area (Å²) in [5, 5.41) is 10.9. The van der Waals surface area contributed by atoms with Crippen LogP contribution in [0.1, 0.15) is 38.5 Å². The highest BCUT2D eigenvalue weighted by atomic mass is 79.9. The molecule has 1 N–H and O–H groups in total. The molecule has 2 aromatic heterocycles. The summed E-state index contributed by atoms with van der Waals surface area (Å²) in [4.78, 5) is 27.4. The highest BCUT2D eigenvalue weighted by molar-refractivity contribution is 9.11. The Balaban J connectivity index is 1.54. The number of rotatable bonds is 3. The molecule has 2 aromatic rings. The molecule has 1 aliphatic carbocycles. The van der Waals surface area contributed by atoms with E-state index in [1.165, 1.54) is 16.2 Å². The Morgan fingerprint density at radius 2 is 2.24 bits per heavy atom. The molecule has 1 aliphatic heterocycles. The lowest BCUT2D eigenvalue weighted by Crippen LogP contribution is -2.53. The van der Waals surface area contributed by atoms with Gasteiger partial charge in [0.2, 0.25) is 5.89 Å². The van der Waals surface area contributed by atoms with Crippen molar-refractivity contribution in [1.29, 1.82) is 0 Å². The van der Waals surface area contributed by atoms with Gasteiger partial charge >= 0.3 is 6.03 Å². The molecule has 2 fully saturated rings. The first-order chi connectivity index (χ1) is 12.0. The average Bonchev–Trinajstić information content (AvgIpc) is 3.27. The summed E-state index contributed by atoms with van der Waals surface area (Å²) in [6.07, 6.45) is 3.67. The zero-order valence-corrected chi connectivity index (χ0v) is 16.0. The van der Waals surface area contributed by atoms with Crippen molar-refractivity contribution in [3.05, 3.63) is 21.8 Å². The molecule has 1 saturated carbocycles. The molecule has 4 rings (SSSR count). The maximum absolute atomic E-state index is 12.9. The van der Waals surface area contributed by atoms with Gasteiger partial charge in [0.25, 0.3) is 11.8 Å². The first-order valence-electron chi connectivity index (χ1n) is 8.22. The van der Waals surface area contributed by atoms with E-state index in [-0.39, 0.29) is 30.3 Å². The zero-order valence-electron chi connectivity index (χ0n) is 13.6. The number of hydrogen-bond donors (Lipinski definition) is 1. The van der Waals surface area contributed by atoms with Gasteiger partial charge in [-0.1, -0.05) is 19.8 Å².